The van der Waals surface area contributed by atoms with E-state index in [4.69, 9.17) is 0 Å². The number of rotatable bonds is 5. The quantitative estimate of drug-likeness (QED) is 0.734. The molecule has 0 fully saturated rings. The Morgan fingerprint density at radius 2 is 2.05 bits per heavy atom. The van der Waals surface area contributed by atoms with Crippen molar-refractivity contribution in [3.8, 4) is 0 Å². The summed E-state index contributed by atoms with van der Waals surface area (Å²) >= 11 is 7.11. The second-order valence-electron chi connectivity index (χ2n) is 4.53. The lowest BCUT2D eigenvalue weighted by atomic mass is 9.81. The standard InChI is InChI=1S/C13H14Br2FN3/c1-19-12(17-9-18-19)6-13(7-14,8-15)10-3-2-4-11(16)5-10/h2-5,9H,6-8H2,1H3. The summed E-state index contributed by atoms with van der Waals surface area (Å²) in [4.78, 5) is 4.26. The van der Waals surface area contributed by atoms with E-state index in [0.717, 1.165) is 11.4 Å². The third-order valence-electron chi connectivity index (χ3n) is 3.25. The molecule has 2 aromatic rings. The van der Waals surface area contributed by atoms with Gasteiger partial charge < -0.3 is 0 Å². The summed E-state index contributed by atoms with van der Waals surface area (Å²) in [5.74, 6) is 0.657. The van der Waals surface area contributed by atoms with Gasteiger partial charge in [0, 0.05) is 29.5 Å². The maximum absolute atomic E-state index is 13.5. The van der Waals surface area contributed by atoms with Crippen LogP contribution in [0, 0.1) is 5.82 Å². The van der Waals surface area contributed by atoms with Crippen LogP contribution in [0.3, 0.4) is 0 Å². The Labute approximate surface area is 128 Å². The number of hydrogen-bond acceptors (Lipinski definition) is 2. The average Bonchev–Trinajstić information content (AvgIpc) is 2.81. The van der Waals surface area contributed by atoms with Crippen LogP contribution >= 0.6 is 31.9 Å². The van der Waals surface area contributed by atoms with Gasteiger partial charge in [0.25, 0.3) is 0 Å². The van der Waals surface area contributed by atoms with E-state index < -0.39 is 0 Å². The molecule has 1 aromatic carbocycles. The van der Waals surface area contributed by atoms with Crippen molar-refractivity contribution in [1.82, 2.24) is 14.8 Å². The van der Waals surface area contributed by atoms with E-state index >= 15 is 0 Å². The highest BCUT2D eigenvalue weighted by Gasteiger charge is 2.32. The predicted molar refractivity (Wildman–Crippen MR) is 80.4 cm³/mol. The monoisotopic (exact) mass is 389 g/mol. The highest BCUT2D eigenvalue weighted by Crippen LogP contribution is 2.32. The maximum Gasteiger partial charge on any atom is 0.138 e. The third kappa shape index (κ3) is 3.05. The van der Waals surface area contributed by atoms with Crippen molar-refractivity contribution in [1.29, 1.82) is 0 Å². The fourth-order valence-electron chi connectivity index (χ4n) is 1.99. The van der Waals surface area contributed by atoms with Crippen molar-refractivity contribution >= 4 is 31.9 Å². The molecule has 0 N–H and O–H groups in total. The van der Waals surface area contributed by atoms with Crippen molar-refractivity contribution < 1.29 is 4.39 Å². The number of nitrogens with zero attached hydrogens (tertiary/aromatic N) is 3. The number of aromatic nitrogens is 3. The minimum atomic E-state index is -0.247. The SMILES string of the molecule is Cn1ncnc1CC(CBr)(CBr)c1cccc(F)c1. The minimum Gasteiger partial charge on any atom is -0.253 e. The van der Waals surface area contributed by atoms with E-state index in [1.165, 1.54) is 12.4 Å². The van der Waals surface area contributed by atoms with Gasteiger partial charge in [-0.2, -0.15) is 5.10 Å². The van der Waals surface area contributed by atoms with Crippen LogP contribution in [0.4, 0.5) is 4.39 Å². The van der Waals surface area contributed by atoms with Gasteiger partial charge in [0.05, 0.1) is 0 Å². The molecule has 1 aromatic heterocycles. The van der Waals surface area contributed by atoms with Crippen LogP contribution in [0.25, 0.3) is 0 Å². The largest absolute Gasteiger partial charge is 0.253 e. The first-order valence-electron chi connectivity index (χ1n) is 5.82. The molecule has 102 valence electrons. The highest BCUT2D eigenvalue weighted by molar-refractivity contribution is 9.09. The van der Waals surface area contributed by atoms with Crippen LogP contribution in [0.15, 0.2) is 30.6 Å². The Morgan fingerprint density at radius 3 is 2.58 bits per heavy atom. The molecule has 0 spiro atoms. The number of hydrogen-bond donors (Lipinski definition) is 0. The number of alkyl halides is 2. The maximum atomic E-state index is 13.5. The summed E-state index contributed by atoms with van der Waals surface area (Å²) in [5, 5.41) is 5.50. The zero-order valence-corrected chi connectivity index (χ0v) is 13.7. The lowest BCUT2D eigenvalue weighted by Gasteiger charge is -2.30. The van der Waals surface area contributed by atoms with E-state index in [2.05, 4.69) is 41.9 Å². The minimum absolute atomic E-state index is 0.221. The molecule has 0 radical (unpaired) electrons. The van der Waals surface area contributed by atoms with Crippen molar-refractivity contribution in [3.63, 3.8) is 0 Å². The Hall–Kier alpha value is -0.750. The molecule has 0 unspecified atom stereocenters. The Kier molecular flexibility index (Phi) is 4.73. The zero-order valence-electron chi connectivity index (χ0n) is 10.5. The lowest BCUT2D eigenvalue weighted by Crippen LogP contribution is -2.34. The molecule has 0 atom stereocenters. The van der Waals surface area contributed by atoms with Crippen LogP contribution in [-0.2, 0) is 18.9 Å². The van der Waals surface area contributed by atoms with Gasteiger partial charge in [-0.15, -0.1) is 0 Å². The van der Waals surface area contributed by atoms with Gasteiger partial charge >= 0.3 is 0 Å². The van der Waals surface area contributed by atoms with Crippen LogP contribution in [0.2, 0.25) is 0 Å². The second kappa shape index (κ2) is 6.13. The third-order valence-corrected chi connectivity index (χ3v) is 5.40. The van der Waals surface area contributed by atoms with Gasteiger partial charge in [0.1, 0.15) is 18.0 Å². The first-order valence-corrected chi connectivity index (χ1v) is 8.06. The molecule has 0 bridgehead atoms. The van der Waals surface area contributed by atoms with Gasteiger partial charge in [0.15, 0.2) is 0 Å². The number of benzene rings is 1. The van der Waals surface area contributed by atoms with Gasteiger partial charge in [-0.1, -0.05) is 44.0 Å². The summed E-state index contributed by atoms with van der Waals surface area (Å²) in [6, 6.07) is 6.72. The fraction of sp³-hybridized carbons (Fsp3) is 0.385. The van der Waals surface area contributed by atoms with Crippen molar-refractivity contribution in [3.05, 3.63) is 47.8 Å². The van der Waals surface area contributed by atoms with Crippen molar-refractivity contribution in [2.24, 2.45) is 7.05 Å². The molecule has 0 saturated carbocycles. The lowest BCUT2D eigenvalue weighted by molar-refractivity contribution is 0.509. The summed E-state index contributed by atoms with van der Waals surface area (Å²) in [6.07, 6.45) is 2.22. The smallest absolute Gasteiger partial charge is 0.138 e. The van der Waals surface area contributed by atoms with Crippen molar-refractivity contribution in [2.45, 2.75) is 11.8 Å². The van der Waals surface area contributed by atoms with Gasteiger partial charge in [0.2, 0.25) is 0 Å². The first-order chi connectivity index (χ1) is 9.11. The normalized spacial score (nSPS) is 11.8. The number of halogens is 3. The van der Waals surface area contributed by atoms with Crippen molar-refractivity contribution in [2.75, 3.05) is 10.7 Å². The van der Waals surface area contributed by atoms with E-state index in [-0.39, 0.29) is 11.2 Å². The molecule has 0 aliphatic rings. The highest BCUT2D eigenvalue weighted by atomic mass is 79.9. The first kappa shape index (κ1) is 14.7. The Bertz CT molecular complexity index is 552. The topological polar surface area (TPSA) is 30.7 Å². The van der Waals surface area contributed by atoms with E-state index in [0.29, 0.717) is 17.1 Å². The van der Waals surface area contributed by atoms with Crippen LogP contribution in [0.1, 0.15) is 11.4 Å². The van der Waals surface area contributed by atoms with Gasteiger partial charge in [-0.05, 0) is 17.7 Å². The molecule has 3 nitrogen and oxygen atoms in total. The molecule has 2 rings (SSSR count). The summed E-state index contributed by atoms with van der Waals surface area (Å²) in [5.41, 5.74) is 0.701. The second-order valence-corrected chi connectivity index (χ2v) is 5.66. The van der Waals surface area contributed by atoms with Crippen LogP contribution < -0.4 is 0 Å². The molecule has 19 heavy (non-hydrogen) atoms. The zero-order chi connectivity index (χ0) is 13.9. The average molecular weight is 391 g/mol. The van der Waals surface area contributed by atoms with Gasteiger partial charge in [-0.25, -0.2) is 9.37 Å². The summed E-state index contributed by atoms with van der Waals surface area (Å²) in [6.45, 7) is 0. The molecule has 0 aliphatic heterocycles. The Morgan fingerprint density at radius 1 is 1.32 bits per heavy atom. The van der Waals surface area contributed by atoms with Crippen LogP contribution in [0.5, 0.6) is 0 Å². The van der Waals surface area contributed by atoms with E-state index in [1.54, 1.807) is 16.8 Å². The molecule has 6 heteroatoms. The van der Waals surface area contributed by atoms with E-state index in [1.807, 2.05) is 13.1 Å². The molecule has 0 saturated heterocycles. The number of aryl methyl sites for hydroxylation is 1. The summed E-state index contributed by atoms with van der Waals surface area (Å²) in [7, 11) is 1.86. The molecule has 1 heterocycles. The molecular formula is C13H14Br2FN3. The fourth-order valence-corrected chi connectivity index (χ4v) is 3.96. The van der Waals surface area contributed by atoms with Gasteiger partial charge in [-0.3, -0.25) is 4.68 Å². The molecule has 0 amide bonds. The van der Waals surface area contributed by atoms with E-state index in [9.17, 15) is 4.39 Å². The Balaban J connectivity index is 2.40. The van der Waals surface area contributed by atoms with Crippen LogP contribution in [-0.4, -0.2) is 25.4 Å². The molecule has 0 aliphatic carbocycles. The predicted octanol–water partition coefficient (Wildman–Crippen LogP) is 3.22. The summed E-state index contributed by atoms with van der Waals surface area (Å²) < 4.78 is 15.2. The molecular weight excluding hydrogens is 377 g/mol.